The number of aromatic nitrogens is 2. The fourth-order valence-corrected chi connectivity index (χ4v) is 2.21. The monoisotopic (exact) mass is 363 g/mol. The van der Waals surface area contributed by atoms with Crippen molar-refractivity contribution in [2.45, 2.75) is 6.73 Å². The van der Waals surface area contributed by atoms with Gasteiger partial charge < -0.3 is 10.1 Å². The molecule has 128 valence electrons. The second kappa shape index (κ2) is 7.31. The second-order valence-corrected chi connectivity index (χ2v) is 5.43. The number of carbonyl (C=O) groups is 1. The van der Waals surface area contributed by atoms with Crippen molar-refractivity contribution < 1.29 is 18.3 Å². The van der Waals surface area contributed by atoms with E-state index in [1.807, 2.05) is 0 Å². The predicted octanol–water partition coefficient (Wildman–Crippen LogP) is 4.10. The zero-order valence-electron chi connectivity index (χ0n) is 12.7. The maximum Gasteiger partial charge on any atom is 0.276 e. The van der Waals surface area contributed by atoms with Gasteiger partial charge >= 0.3 is 0 Å². The lowest BCUT2D eigenvalue weighted by molar-refractivity contribution is 0.102. The highest BCUT2D eigenvalue weighted by Crippen LogP contribution is 2.23. The molecule has 3 aromatic rings. The summed E-state index contributed by atoms with van der Waals surface area (Å²) in [6, 6.07) is 11.5. The number of hydrogen-bond donors (Lipinski definition) is 1. The first kappa shape index (κ1) is 16.9. The number of nitrogens with zero attached hydrogens (tertiary/aromatic N) is 2. The van der Waals surface area contributed by atoms with Crippen LogP contribution in [0.1, 0.15) is 10.5 Å². The maximum atomic E-state index is 13.2. The van der Waals surface area contributed by atoms with Crippen LogP contribution in [-0.2, 0) is 6.73 Å². The molecule has 0 radical (unpaired) electrons. The SMILES string of the molecule is O=C(Nc1ccc(F)c(F)c1)c1ccn(COc2ccccc2Cl)n1. The van der Waals surface area contributed by atoms with Gasteiger partial charge in [0.05, 0.1) is 5.02 Å². The van der Waals surface area contributed by atoms with E-state index >= 15 is 0 Å². The zero-order chi connectivity index (χ0) is 17.8. The minimum atomic E-state index is -1.04. The van der Waals surface area contributed by atoms with Crippen LogP contribution in [0.5, 0.6) is 5.75 Å². The van der Waals surface area contributed by atoms with Crippen LogP contribution < -0.4 is 10.1 Å². The van der Waals surface area contributed by atoms with E-state index in [1.165, 1.54) is 16.8 Å². The van der Waals surface area contributed by atoms with Gasteiger partial charge in [-0.3, -0.25) is 4.79 Å². The molecule has 0 aliphatic carbocycles. The van der Waals surface area contributed by atoms with Crippen LogP contribution in [0.4, 0.5) is 14.5 Å². The Bertz CT molecular complexity index is 914. The lowest BCUT2D eigenvalue weighted by Crippen LogP contribution is -2.14. The Hall–Kier alpha value is -2.93. The van der Waals surface area contributed by atoms with Crippen LogP contribution in [0.25, 0.3) is 0 Å². The van der Waals surface area contributed by atoms with E-state index in [4.69, 9.17) is 16.3 Å². The molecule has 0 saturated heterocycles. The number of carbonyl (C=O) groups excluding carboxylic acids is 1. The molecule has 5 nitrogen and oxygen atoms in total. The molecule has 3 rings (SSSR count). The second-order valence-electron chi connectivity index (χ2n) is 5.03. The third-order valence-electron chi connectivity index (χ3n) is 3.24. The summed E-state index contributed by atoms with van der Waals surface area (Å²) in [6.07, 6.45) is 1.55. The maximum absolute atomic E-state index is 13.2. The van der Waals surface area contributed by atoms with Crippen LogP contribution in [0.15, 0.2) is 54.7 Å². The van der Waals surface area contributed by atoms with Crippen molar-refractivity contribution in [3.05, 3.63) is 77.1 Å². The van der Waals surface area contributed by atoms with Crippen LogP contribution >= 0.6 is 11.6 Å². The number of rotatable bonds is 5. The Morgan fingerprint density at radius 3 is 2.72 bits per heavy atom. The molecule has 0 atom stereocenters. The third kappa shape index (κ3) is 4.13. The van der Waals surface area contributed by atoms with Crippen LogP contribution in [0.2, 0.25) is 5.02 Å². The average Bonchev–Trinajstić information content (AvgIpc) is 3.07. The number of hydrogen-bond acceptors (Lipinski definition) is 3. The van der Waals surface area contributed by atoms with Crippen molar-refractivity contribution in [1.29, 1.82) is 0 Å². The third-order valence-corrected chi connectivity index (χ3v) is 3.55. The molecule has 0 saturated carbocycles. The van der Waals surface area contributed by atoms with Crippen molar-refractivity contribution in [3.8, 4) is 5.75 Å². The van der Waals surface area contributed by atoms with Gasteiger partial charge in [-0.2, -0.15) is 5.10 Å². The number of halogens is 3. The molecule has 1 amide bonds. The van der Waals surface area contributed by atoms with Crippen LogP contribution in [0, 0.1) is 11.6 Å². The van der Waals surface area contributed by atoms with E-state index in [-0.39, 0.29) is 18.1 Å². The van der Waals surface area contributed by atoms with Gasteiger partial charge in [0.2, 0.25) is 0 Å². The number of para-hydroxylation sites is 1. The molecule has 0 spiro atoms. The number of amides is 1. The van der Waals surface area contributed by atoms with Crippen molar-refractivity contribution in [2.24, 2.45) is 0 Å². The van der Waals surface area contributed by atoms with Gasteiger partial charge in [0.25, 0.3) is 5.91 Å². The Balaban J connectivity index is 1.63. The molecular weight excluding hydrogens is 352 g/mol. The zero-order valence-corrected chi connectivity index (χ0v) is 13.5. The van der Waals surface area contributed by atoms with Gasteiger partial charge in [0.1, 0.15) is 5.75 Å². The van der Waals surface area contributed by atoms with Gasteiger partial charge in [-0.1, -0.05) is 23.7 Å². The number of anilines is 1. The molecule has 8 heteroatoms. The van der Waals surface area contributed by atoms with Crippen molar-refractivity contribution in [1.82, 2.24) is 9.78 Å². The van der Waals surface area contributed by atoms with Gasteiger partial charge in [-0.15, -0.1) is 0 Å². The Kier molecular flexibility index (Phi) is 4.95. The molecule has 1 aromatic heterocycles. The minimum Gasteiger partial charge on any atom is -0.470 e. The Labute approximate surface area is 146 Å². The fraction of sp³-hybridized carbons (Fsp3) is 0.0588. The molecule has 0 aliphatic heterocycles. The number of nitrogens with one attached hydrogen (secondary N) is 1. The Morgan fingerprint density at radius 2 is 1.96 bits per heavy atom. The smallest absolute Gasteiger partial charge is 0.276 e. The lowest BCUT2D eigenvalue weighted by atomic mass is 10.3. The molecule has 0 unspecified atom stereocenters. The van der Waals surface area contributed by atoms with Gasteiger partial charge in [-0.25, -0.2) is 13.5 Å². The topological polar surface area (TPSA) is 56.2 Å². The lowest BCUT2D eigenvalue weighted by Gasteiger charge is -2.07. The minimum absolute atomic E-state index is 0.0577. The molecule has 2 aromatic carbocycles. The highest BCUT2D eigenvalue weighted by molar-refractivity contribution is 6.32. The Morgan fingerprint density at radius 1 is 1.16 bits per heavy atom. The molecule has 0 fully saturated rings. The molecule has 0 aliphatic rings. The van der Waals surface area contributed by atoms with Gasteiger partial charge in [-0.05, 0) is 30.3 Å². The molecule has 25 heavy (non-hydrogen) atoms. The average molecular weight is 364 g/mol. The van der Waals surface area contributed by atoms with E-state index in [0.29, 0.717) is 10.8 Å². The van der Waals surface area contributed by atoms with E-state index in [1.54, 1.807) is 30.5 Å². The number of ether oxygens (including phenoxy) is 1. The quantitative estimate of drug-likeness (QED) is 0.742. The van der Waals surface area contributed by atoms with E-state index in [9.17, 15) is 13.6 Å². The first-order valence-corrected chi connectivity index (χ1v) is 7.58. The summed E-state index contributed by atoms with van der Waals surface area (Å²) >= 11 is 5.98. The normalized spacial score (nSPS) is 10.5. The number of benzene rings is 2. The standard InChI is InChI=1S/C17H12ClF2N3O2/c18-12-3-1-2-4-16(12)25-10-23-8-7-15(22-23)17(24)21-11-5-6-13(19)14(20)9-11/h1-9H,10H2,(H,21,24). The fourth-order valence-electron chi connectivity index (χ4n) is 2.02. The van der Waals surface area contributed by atoms with Crippen LogP contribution in [0.3, 0.4) is 0 Å². The summed E-state index contributed by atoms with van der Waals surface area (Å²) in [7, 11) is 0. The summed E-state index contributed by atoms with van der Waals surface area (Å²) in [5.74, 6) is -2.09. The first-order valence-electron chi connectivity index (χ1n) is 7.20. The molecule has 1 N–H and O–H groups in total. The van der Waals surface area contributed by atoms with E-state index in [0.717, 1.165) is 12.1 Å². The highest BCUT2D eigenvalue weighted by atomic mass is 35.5. The summed E-state index contributed by atoms with van der Waals surface area (Å²) in [5.41, 5.74) is 0.234. The van der Waals surface area contributed by atoms with E-state index < -0.39 is 17.5 Å². The van der Waals surface area contributed by atoms with Crippen molar-refractivity contribution in [3.63, 3.8) is 0 Å². The van der Waals surface area contributed by atoms with E-state index in [2.05, 4.69) is 10.4 Å². The van der Waals surface area contributed by atoms with Crippen molar-refractivity contribution in [2.75, 3.05) is 5.32 Å². The highest BCUT2D eigenvalue weighted by Gasteiger charge is 2.12. The van der Waals surface area contributed by atoms with Crippen molar-refractivity contribution >= 4 is 23.2 Å². The first-order chi connectivity index (χ1) is 12.0. The van der Waals surface area contributed by atoms with Gasteiger partial charge in [0.15, 0.2) is 24.1 Å². The summed E-state index contributed by atoms with van der Waals surface area (Å²) in [4.78, 5) is 12.1. The summed E-state index contributed by atoms with van der Waals surface area (Å²) < 4.78 is 33.0. The predicted molar refractivity (Wildman–Crippen MR) is 88.6 cm³/mol. The van der Waals surface area contributed by atoms with Crippen LogP contribution in [-0.4, -0.2) is 15.7 Å². The molecular formula is C17H12ClF2N3O2. The molecule has 0 bridgehead atoms. The van der Waals surface area contributed by atoms with Gasteiger partial charge in [0, 0.05) is 18.0 Å². The summed E-state index contributed by atoms with van der Waals surface area (Å²) in [6.45, 7) is 0.0577. The largest absolute Gasteiger partial charge is 0.470 e. The molecule has 1 heterocycles. The summed E-state index contributed by atoms with van der Waals surface area (Å²) in [5, 5.41) is 6.96.